The first kappa shape index (κ1) is 18.8. The largest absolute Gasteiger partial charge is 0.338 e. The molecule has 1 aliphatic carbocycles. The van der Waals surface area contributed by atoms with Crippen molar-refractivity contribution >= 4 is 40.6 Å². The molecule has 2 aromatic rings. The molecule has 5 rings (SSSR count). The van der Waals surface area contributed by atoms with E-state index in [1.807, 2.05) is 29.2 Å². The number of anilines is 1. The second kappa shape index (κ2) is 7.54. The molecule has 30 heavy (non-hydrogen) atoms. The maximum atomic E-state index is 12.7. The lowest BCUT2D eigenvalue weighted by Gasteiger charge is -2.15. The van der Waals surface area contributed by atoms with Crippen molar-refractivity contribution in [3.8, 4) is 6.07 Å². The lowest BCUT2D eigenvalue weighted by Crippen LogP contribution is -2.27. The van der Waals surface area contributed by atoms with Crippen molar-refractivity contribution < 1.29 is 14.6 Å². The predicted octanol–water partition coefficient (Wildman–Crippen LogP) is 2.89. The zero-order valence-corrected chi connectivity index (χ0v) is 17.2. The summed E-state index contributed by atoms with van der Waals surface area (Å²) in [5.41, 5.74) is 3.30. The molecule has 7 heteroatoms. The second-order valence-electron chi connectivity index (χ2n) is 8.05. The molecule has 1 fully saturated rings. The minimum Gasteiger partial charge on any atom is -0.338 e. The molecule has 3 aliphatic rings. The highest BCUT2D eigenvalue weighted by Gasteiger charge is 2.38. The van der Waals surface area contributed by atoms with Crippen molar-refractivity contribution in [1.29, 1.82) is 5.26 Å². The van der Waals surface area contributed by atoms with E-state index in [-0.39, 0.29) is 11.8 Å². The number of hydrogen-bond acceptors (Lipinski definition) is 4. The Bertz CT molecular complexity index is 1140. The van der Waals surface area contributed by atoms with E-state index >= 15 is 0 Å². The lowest BCUT2D eigenvalue weighted by atomic mass is 10.00. The van der Waals surface area contributed by atoms with Crippen LogP contribution >= 0.6 is 11.3 Å². The van der Waals surface area contributed by atoms with Gasteiger partial charge in [0.2, 0.25) is 5.91 Å². The van der Waals surface area contributed by atoms with Crippen LogP contribution in [-0.2, 0) is 16.0 Å². The van der Waals surface area contributed by atoms with Crippen LogP contribution in [0.25, 0.3) is 11.6 Å². The number of likely N-dealkylation sites (tertiary alicyclic amines) is 1. The van der Waals surface area contributed by atoms with E-state index in [1.165, 1.54) is 10.5 Å². The van der Waals surface area contributed by atoms with Crippen LogP contribution in [0, 0.1) is 23.2 Å². The molecule has 2 amide bonds. The van der Waals surface area contributed by atoms with Gasteiger partial charge in [0.15, 0.2) is 0 Å². The first-order valence-corrected chi connectivity index (χ1v) is 10.9. The highest BCUT2D eigenvalue weighted by molar-refractivity contribution is 7.13. The molecule has 0 spiro atoms. The van der Waals surface area contributed by atoms with Crippen LogP contribution < -0.4 is 10.3 Å². The van der Waals surface area contributed by atoms with E-state index in [9.17, 15) is 9.59 Å². The molecule has 0 radical (unpaired) electrons. The van der Waals surface area contributed by atoms with Gasteiger partial charge in [0, 0.05) is 35.2 Å². The van der Waals surface area contributed by atoms with Crippen LogP contribution in [0.2, 0.25) is 0 Å². The highest BCUT2D eigenvalue weighted by atomic mass is 32.1. The number of fused-ring (bicyclic) bond motifs is 2. The number of allylic oxidation sites excluding steroid dienone is 1. The predicted molar refractivity (Wildman–Crippen MR) is 114 cm³/mol. The second-order valence-corrected chi connectivity index (χ2v) is 9.14. The molecule has 150 valence electrons. The number of aromatic amines is 1. The van der Waals surface area contributed by atoms with Crippen LogP contribution in [0.3, 0.4) is 0 Å². The summed E-state index contributed by atoms with van der Waals surface area (Å²) in [7, 11) is 0. The Balaban J connectivity index is 1.22. The average Bonchev–Trinajstić information content (AvgIpc) is 3.46. The fraction of sp³-hybridized carbons (Fsp3) is 0.304. The third kappa shape index (κ3) is 3.55. The molecule has 2 aliphatic heterocycles. The number of rotatable bonds is 3. The number of carbonyl (C=O) groups is 2. The third-order valence-corrected chi connectivity index (χ3v) is 7.15. The van der Waals surface area contributed by atoms with Gasteiger partial charge in [-0.05, 0) is 54.5 Å². The molecular formula is C23H21N4O2S+. The van der Waals surface area contributed by atoms with E-state index in [0.29, 0.717) is 24.7 Å². The number of hydrogen-bond donors (Lipinski definition) is 1. The summed E-state index contributed by atoms with van der Waals surface area (Å²) in [5.74, 6) is 1.67. The normalized spacial score (nSPS) is 22.4. The van der Waals surface area contributed by atoms with E-state index in [0.717, 1.165) is 41.3 Å². The quantitative estimate of drug-likeness (QED) is 0.779. The smallest absolute Gasteiger partial charge is 0.307 e. The number of amides is 2. The van der Waals surface area contributed by atoms with Gasteiger partial charge in [-0.1, -0.05) is 6.08 Å². The Hall–Kier alpha value is -3.24. The van der Waals surface area contributed by atoms with Crippen molar-refractivity contribution in [2.75, 3.05) is 18.4 Å². The van der Waals surface area contributed by atoms with Crippen molar-refractivity contribution in [2.45, 2.75) is 19.3 Å². The molecule has 2 atom stereocenters. The summed E-state index contributed by atoms with van der Waals surface area (Å²) in [4.78, 5) is 31.1. The van der Waals surface area contributed by atoms with Crippen LogP contribution in [0.15, 0.2) is 36.5 Å². The van der Waals surface area contributed by atoms with Gasteiger partial charge in [-0.25, -0.2) is 15.1 Å². The van der Waals surface area contributed by atoms with E-state index in [2.05, 4.69) is 22.4 Å². The van der Waals surface area contributed by atoms with Gasteiger partial charge in [-0.3, -0.25) is 4.79 Å². The van der Waals surface area contributed by atoms with Crippen LogP contribution in [0.5, 0.6) is 0 Å². The Kier molecular flexibility index (Phi) is 4.72. The molecule has 1 saturated heterocycles. The third-order valence-electron chi connectivity index (χ3n) is 6.08. The number of nitriles is 1. The van der Waals surface area contributed by atoms with Crippen molar-refractivity contribution in [3.63, 3.8) is 0 Å². The van der Waals surface area contributed by atoms with Gasteiger partial charge in [-0.2, -0.15) is 5.26 Å². The Morgan fingerprint density at radius 1 is 1.33 bits per heavy atom. The zero-order valence-electron chi connectivity index (χ0n) is 16.4. The lowest BCUT2D eigenvalue weighted by molar-refractivity contribution is -0.361. The summed E-state index contributed by atoms with van der Waals surface area (Å²) in [6.07, 6.45) is 9.73. The van der Waals surface area contributed by atoms with E-state index in [4.69, 9.17) is 5.26 Å². The molecule has 0 bridgehead atoms. The number of aryl methyl sites for hydroxylation is 1. The van der Waals surface area contributed by atoms with Gasteiger partial charge in [0.25, 0.3) is 5.82 Å². The average molecular weight is 418 g/mol. The summed E-state index contributed by atoms with van der Waals surface area (Å²) in [6.45, 7) is 1.52. The monoisotopic (exact) mass is 417 g/mol. The van der Waals surface area contributed by atoms with Crippen molar-refractivity contribution in [2.24, 2.45) is 11.8 Å². The molecule has 2 aromatic heterocycles. The minimum absolute atomic E-state index is 0.0265. The van der Waals surface area contributed by atoms with E-state index in [1.54, 1.807) is 23.6 Å². The summed E-state index contributed by atoms with van der Waals surface area (Å²) in [6, 6.07) is 8.12. The molecule has 2 unspecified atom stereocenters. The SMILES string of the molecule is N#Cc1ccc(C2=CC3CN(C(=O)/C=C/c4c[nH+]c5c(c4)CCC(=O)N5)CC3C2)s1. The van der Waals surface area contributed by atoms with Gasteiger partial charge in [-0.15, -0.1) is 11.3 Å². The summed E-state index contributed by atoms with van der Waals surface area (Å²) < 4.78 is 0. The summed E-state index contributed by atoms with van der Waals surface area (Å²) in [5, 5.41) is 11.8. The number of pyridine rings is 1. The molecule has 2 N–H and O–H groups in total. The van der Waals surface area contributed by atoms with Crippen LogP contribution in [0.1, 0.15) is 33.7 Å². The van der Waals surface area contributed by atoms with Crippen LogP contribution in [0.4, 0.5) is 5.82 Å². The molecular weight excluding hydrogens is 396 g/mol. The van der Waals surface area contributed by atoms with E-state index < -0.39 is 0 Å². The Morgan fingerprint density at radius 3 is 3.03 bits per heavy atom. The number of H-pyrrole nitrogens is 1. The Labute approximate surface area is 178 Å². The number of carbonyl (C=O) groups excluding carboxylic acids is 2. The standard InChI is InChI=1S/C23H20N4O2S/c24-10-19-3-4-20(30-19)16-8-17-12-27(13-18(17)9-16)22(29)6-1-14-7-15-2-5-21(28)26-23(15)25-11-14/h1,3-4,6-8,11,17-18H,2,5,9,12-13H2,(H,25,26,28)/p+1/b6-1+. The van der Waals surface area contributed by atoms with Crippen LogP contribution in [-0.4, -0.2) is 29.8 Å². The maximum Gasteiger partial charge on any atom is 0.307 e. The molecule has 6 nitrogen and oxygen atoms in total. The van der Waals surface area contributed by atoms with Crippen molar-refractivity contribution in [3.05, 3.63) is 57.4 Å². The first-order chi connectivity index (χ1) is 14.6. The zero-order chi connectivity index (χ0) is 20.7. The maximum absolute atomic E-state index is 12.7. The minimum atomic E-state index is 0.0265. The van der Waals surface area contributed by atoms with Gasteiger partial charge in [0.05, 0.1) is 12.6 Å². The van der Waals surface area contributed by atoms with Gasteiger partial charge < -0.3 is 4.90 Å². The number of aromatic nitrogens is 1. The fourth-order valence-electron chi connectivity index (χ4n) is 4.54. The van der Waals surface area contributed by atoms with Crippen molar-refractivity contribution in [1.82, 2.24) is 4.90 Å². The topological polar surface area (TPSA) is 87.3 Å². The van der Waals surface area contributed by atoms with Gasteiger partial charge in [0.1, 0.15) is 10.9 Å². The number of nitrogens with zero attached hydrogens (tertiary/aromatic N) is 2. The first-order valence-electron chi connectivity index (χ1n) is 10.1. The van der Waals surface area contributed by atoms with Gasteiger partial charge >= 0.3 is 5.91 Å². The molecule has 4 heterocycles. The highest BCUT2D eigenvalue weighted by Crippen LogP contribution is 2.42. The molecule has 0 aromatic carbocycles. The number of nitrogens with one attached hydrogen (secondary N) is 2. The number of thiophene rings is 1. The fourth-order valence-corrected chi connectivity index (χ4v) is 5.38. The Morgan fingerprint density at radius 2 is 2.23 bits per heavy atom. The summed E-state index contributed by atoms with van der Waals surface area (Å²) >= 11 is 1.54. The molecule has 0 saturated carbocycles.